The molecule has 176 valence electrons. The van der Waals surface area contributed by atoms with Crippen LogP contribution in [-0.2, 0) is 11.2 Å². The van der Waals surface area contributed by atoms with E-state index in [1.54, 1.807) is 36.4 Å². The molecule has 0 aliphatic carbocycles. The van der Waals surface area contributed by atoms with Crippen LogP contribution in [0, 0.1) is 11.3 Å². The van der Waals surface area contributed by atoms with Crippen LogP contribution in [0.15, 0.2) is 83.9 Å². The van der Waals surface area contributed by atoms with Crippen LogP contribution >= 0.6 is 0 Å². The maximum atomic E-state index is 12.9. The number of carbonyl (C=O) groups is 2. The van der Waals surface area contributed by atoms with Gasteiger partial charge in [-0.05, 0) is 59.9 Å². The molecule has 3 rings (SSSR count). The van der Waals surface area contributed by atoms with Crippen molar-refractivity contribution in [2.24, 2.45) is 22.2 Å². The van der Waals surface area contributed by atoms with Crippen LogP contribution in [0.5, 0.6) is 5.75 Å². The smallest absolute Gasteiger partial charge is 0.315 e. The molecule has 0 radical (unpaired) electrons. The topological polar surface area (TPSA) is 106 Å². The zero-order valence-electron chi connectivity index (χ0n) is 19.6. The van der Waals surface area contributed by atoms with Crippen molar-refractivity contribution in [2.75, 3.05) is 5.32 Å². The average molecular weight is 459 g/mol. The number of nitrogens with two attached hydrogens (primary N) is 1. The Kier molecular flexibility index (Phi) is 8.16. The second-order valence-corrected chi connectivity index (χ2v) is 8.98. The molecule has 0 spiro atoms. The molecule has 1 amide bonds. The fourth-order valence-electron chi connectivity index (χ4n) is 3.42. The Balaban J connectivity index is 1.67. The number of hydrogen-bond acceptors (Lipinski definition) is 5. The summed E-state index contributed by atoms with van der Waals surface area (Å²) in [4.78, 5) is 29.7. The second-order valence-electron chi connectivity index (χ2n) is 8.98. The molecule has 0 saturated heterocycles. The van der Waals surface area contributed by atoms with Gasteiger partial charge in [0, 0.05) is 11.3 Å². The van der Waals surface area contributed by atoms with Crippen molar-refractivity contribution in [1.82, 2.24) is 5.43 Å². The summed E-state index contributed by atoms with van der Waals surface area (Å²) >= 11 is 0. The van der Waals surface area contributed by atoms with E-state index in [1.807, 2.05) is 63.2 Å². The van der Waals surface area contributed by atoms with Crippen LogP contribution in [0.4, 0.5) is 11.4 Å². The lowest BCUT2D eigenvalue weighted by Gasteiger charge is -2.29. The van der Waals surface area contributed by atoms with Crippen molar-refractivity contribution in [3.8, 4) is 5.75 Å². The molecule has 0 bridgehead atoms. The zero-order valence-corrected chi connectivity index (χ0v) is 19.6. The van der Waals surface area contributed by atoms with Gasteiger partial charge in [0.05, 0.1) is 11.6 Å². The number of hydrazine groups is 1. The lowest BCUT2D eigenvalue weighted by molar-refractivity contribution is -0.142. The van der Waals surface area contributed by atoms with Crippen molar-refractivity contribution in [3.05, 3.63) is 90.0 Å². The van der Waals surface area contributed by atoms with E-state index in [4.69, 9.17) is 10.6 Å². The average Bonchev–Trinajstić information content (AvgIpc) is 2.82. The number of anilines is 1. The molecule has 34 heavy (non-hydrogen) atoms. The molecule has 1 unspecified atom stereocenters. The highest BCUT2D eigenvalue weighted by Crippen LogP contribution is 2.31. The molecular formula is C27H30N4O3. The van der Waals surface area contributed by atoms with Gasteiger partial charge < -0.3 is 15.5 Å². The summed E-state index contributed by atoms with van der Waals surface area (Å²) in [7, 11) is 0. The molecular weight excluding hydrogens is 428 g/mol. The highest BCUT2D eigenvalue weighted by Gasteiger charge is 2.33. The van der Waals surface area contributed by atoms with Crippen molar-refractivity contribution < 1.29 is 14.3 Å². The van der Waals surface area contributed by atoms with Gasteiger partial charge >= 0.3 is 5.97 Å². The zero-order chi connectivity index (χ0) is 24.6. The van der Waals surface area contributed by atoms with Crippen LogP contribution in [-0.4, -0.2) is 18.2 Å². The van der Waals surface area contributed by atoms with Crippen molar-refractivity contribution in [1.29, 1.82) is 0 Å². The van der Waals surface area contributed by atoms with Gasteiger partial charge in [0.1, 0.15) is 12.1 Å². The predicted octanol–water partition coefficient (Wildman–Crippen LogP) is 4.87. The summed E-state index contributed by atoms with van der Waals surface area (Å²) in [6.07, 6.45) is 1.87. The van der Waals surface area contributed by atoms with Crippen molar-refractivity contribution in [3.63, 3.8) is 0 Å². The Morgan fingerprint density at radius 3 is 2.35 bits per heavy atom. The van der Waals surface area contributed by atoms with Gasteiger partial charge in [0.2, 0.25) is 0 Å². The van der Waals surface area contributed by atoms with Crippen LogP contribution in [0.3, 0.4) is 0 Å². The fraction of sp³-hybridized carbons (Fsp3) is 0.222. The van der Waals surface area contributed by atoms with Gasteiger partial charge in [-0.15, -0.1) is 0 Å². The van der Waals surface area contributed by atoms with Crippen molar-refractivity contribution >= 4 is 29.6 Å². The number of esters is 1. The second kappa shape index (κ2) is 11.2. The minimum absolute atomic E-state index is 0.246. The Morgan fingerprint density at radius 1 is 1.00 bits per heavy atom. The first kappa shape index (κ1) is 24.7. The number of nitrogens with one attached hydrogen (secondary N) is 2. The molecule has 3 aromatic rings. The third-order valence-corrected chi connectivity index (χ3v) is 5.34. The molecule has 0 saturated carbocycles. The first-order valence-corrected chi connectivity index (χ1v) is 11.0. The number of benzene rings is 3. The normalized spacial score (nSPS) is 12.2. The van der Waals surface area contributed by atoms with E-state index < -0.39 is 0 Å². The summed E-state index contributed by atoms with van der Waals surface area (Å²) in [5, 5.41) is 2.88. The number of nitrogens with zero attached hydrogens (tertiary/aromatic N) is 1. The summed E-state index contributed by atoms with van der Waals surface area (Å²) in [6.45, 7) is 6.08. The number of rotatable bonds is 8. The molecule has 0 aromatic heterocycles. The highest BCUT2D eigenvalue weighted by molar-refractivity contribution is 6.04. The molecule has 0 fully saturated rings. The highest BCUT2D eigenvalue weighted by atomic mass is 16.5. The number of ether oxygens (including phenoxy) is 1. The van der Waals surface area contributed by atoms with Crippen LogP contribution in [0.25, 0.3) is 0 Å². The van der Waals surface area contributed by atoms with Gasteiger partial charge in [0.15, 0.2) is 0 Å². The summed E-state index contributed by atoms with van der Waals surface area (Å²) < 4.78 is 5.62. The Hall–Kier alpha value is -3.97. The van der Waals surface area contributed by atoms with E-state index in [-0.39, 0.29) is 23.2 Å². The number of amides is 1. The van der Waals surface area contributed by atoms with E-state index >= 15 is 0 Å². The molecule has 0 aliphatic heterocycles. The first-order chi connectivity index (χ1) is 16.3. The van der Waals surface area contributed by atoms with E-state index in [1.165, 1.54) is 6.34 Å². The minimum atomic E-state index is -0.334. The van der Waals surface area contributed by atoms with E-state index in [0.717, 1.165) is 5.56 Å². The van der Waals surface area contributed by atoms with Gasteiger partial charge in [0.25, 0.3) is 5.91 Å². The van der Waals surface area contributed by atoms with E-state index in [9.17, 15) is 9.59 Å². The lowest BCUT2D eigenvalue weighted by atomic mass is 9.77. The molecule has 7 nitrogen and oxygen atoms in total. The Morgan fingerprint density at radius 2 is 1.71 bits per heavy atom. The Bertz CT molecular complexity index is 1140. The van der Waals surface area contributed by atoms with E-state index in [0.29, 0.717) is 29.1 Å². The van der Waals surface area contributed by atoms with Crippen LogP contribution < -0.4 is 21.3 Å². The standard InChI is InChI=1S/C27H30N4O3/c1-27(2,3)24(26(33)34-23-10-5-4-6-11-23)16-19-12-14-21(15-13-19)31-25(32)20-8-7-9-22(17-20)29-18-30-28/h4-15,17-18,24H,16,28H2,1-3H3,(H,29,30)(H,31,32). The Labute approximate surface area is 200 Å². The molecule has 3 aromatic carbocycles. The third-order valence-electron chi connectivity index (χ3n) is 5.34. The quantitative estimate of drug-likeness (QED) is 0.111. The SMILES string of the molecule is CC(C)(C)C(Cc1ccc(NC(=O)c2cccc(N=CNN)c2)cc1)C(=O)Oc1ccccc1. The number of para-hydroxylation sites is 1. The molecule has 4 N–H and O–H groups in total. The minimum Gasteiger partial charge on any atom is -0.426 e. The summed E-state index contributed by atoms with van der Waals surface area (Å²) in [6, 6.07) is 23.5. The first-order valence-electron chi connectivity index (χ1n) is 11.0. The number of carbonyl (C=O) groups excluding carboxylic acids is 2. The molecule has 0 heterocycles. The van der Waals surface area contributed by atoms with Gasteiger partial charge in [-0.25, -0.2) is 10.8 Å². The van der Waals surface area contributed by atoms with E-state index in [2.05, 4.69) is 15.7 Å². The van der Waals surface area contributed by atoms with Crippen LogP contribution in [0.2, 0.25) is 0 Å². The monoisotopic (exact) mass is 458 g/mol. The molecule has 1 atom stereocenters. The van der Waals surface area contributed by atoms with Gasteiger partial charge in [-0.2, -0.15) is 0 Å². The summed E-state index contributed by atoms with van der Waals surface area (Å²) in [5.41, 5.74) is 4.77. The maximum Gasteiger partial charge on any atom is 0.315 e. The number of hydrogen-bond donors (Lipinski definition) is 3. The lowest BCUT2D eigenvalue weighted by Crippen LogP contribution is -2.33. The van der Waals surface area contributed by atoms with Gasteiger partial charge in [-0.1, -0.05) is 57.2 Å². The van der Waals surface area contributed by atoms with Crippen molar-refractivity contribution in [2.45, 2.75) is 27.2 Å². The fourth-order valence-corrected chi connectivity index (χ4v) is 3.42. The predicted molar refractivity (Wildman–Crippen MR) is 135 cm³/mol. The third kappa shape index (κ3) is 7.02. The summed E-state index contributed by atoms with van der Waals surface area (Å²) in [5.74, 6) is 4.88. The van der Waals surface area contributed by atoms with Crippen LogP contribution in [0.1, 0.15) is 36.7 Å². The molecule has 0 aliphatic rings. The maximum absolute atomic E-state index is 12.9. The van der Waals surface area contributed by atoms with Gasteiger partial charge in [-0.3, -0.25) is 9.59 Å². The number of aliphatic imine (C=N–C) groups is 1. The molecule has 7 heteroatoms. The largest absolute Gasteiger partial charge is 0.426 e.